The Kier molecular flexibility index (Phi) is 7.19. The smallest absolute Gasteiger partial charge is 0.409 e. The molecule has 1 aromatic carbocycles. The number of rotatable bonds is 3. The minimum Gasteiger partial charge on any atom is -0.465 e. The van der Waals surface area contributed by atoms with Crippen molar-refractivity contribution in [1.82, 2.24) is 0 Å². The summed E-state index contributed by atoms with van der Waals surface area (Å²) in [5.74, 6) is -0.211. The van der Waals surface area contributed by atoms with Crippen LogP contribution >= 0.6 is 0 Å². The molecule has 100 valence electrons. The number of amides is 2. The molecule has 4 N–H and O–H groups in total. The Morgan fingerprint density at radius 2 is 1.72 bits per heavy atom. The number of carbonyl (C=O) groups excluding carboxylic acids is 1. The van der Waals surface area contributed by atoms with Crippen LogP contribution in [0.4, 0.5) is 10.5 Å². The summed E-state index contributed by atoms with van der Waals surface area (Å²) >= 11 is 0. The van der Waals surface area contributed by atoms with Gasteiger partial charge >= 0.3 is 6.09 Å². The van der Waals surface area contributed by atoms with Crippen molar-refractivity contribution >= 4 is 17.7 Å². The summed E-state index contributed by atoms with van der Waals surface area (Å²) in [6.07, 6.45) is 0.343. The Hall–Kier alpha value is -2.04. The first kappa shape index (κ1) is 16.0. The largest absolute Gasteiger partial charge is 0.465 e. The van der Waals surface area contributed by atoms with Crippen LogP contribution < -0.4 is 11.1 Å². The quantitative estimate of drug-likeness (QED) is 0.772. The third kappa shape index (κ3) is 8.15. The van der Waals surface area contributed by atoms with E-state index in [2.05, 4.69) is 5.32 Å². The van der Waals surface area contributed by atoms with E-state index in [-0.39, 0.29) is 5.91 Å². The van der Waals surface area contributed by atoms with E-state index in [9.17, 15) is 9.59 Å². The van der Waals surface area contributed by atoms with Crippen LogP contribution in [0.15, 0.2) is 18.2 Å². The maximum Gasteiger partial charge on any atom is 0.409 e. The number of nitrogens with one attached hydrogen (secondary N) is 1. The third-order valence-electron chi connectivity index (χ3n) is 1.97. The van der Waals surface area contributed by atoms with Crippen molar-refractivity contribution < 1.29 is 14.7 Å². The van der Waals surface area contributed by atoms with Gasteiger partial charge in [0, 0.05) is 12.1 Å². The van der Waals surface area contributed by atoms with E-state index >= 15 is 0 Å². The topological polar surface area (TPSA) is 92.4 Å². The molecule has 0 aliphatic carbocycles. The minimum absolute atomic E-state index is 0.211. The minimum atomic E-state index is -1.03. The van der Waals surface area contributed by atoms with Crippen LogP contribution in [0.2, 0.25) is 0 Å². The Bertz CT molecular complexity index is 396. The lowest BCUT2D eigenvalue weighted by Crippen LogP contribution is -2.08. The number of carboxylic acid groups (broad SMARTS) is 1. The Balaban J connectivity index is 0.000000411. The molecule has 0 atom stereocenters. The van der Waals surface area contributed by atoms with E-state index in [1.54, 1.807) is 12.1 Å². The molecule has 0 bridgehead atoms. The molecule has 1 aromatic rings. The van der Waals surface area contributed by atoms with Crippen molar-refractivity contribution in [1.29, 1.82) is 0 Å². The van der Waals surface area contributed by atoms with Gasteiger partial charge in [-0.3, -0.25) is 10.1 Å². The highest BCUT2D eigenvalue weighted by molar-refractivity contribution is 5.83. The summed E-state index contributed by atoms with van der Waals surface area (Å²) in [7, 11) is 0. The highest BCUT2D eigenvalue weighted by Gasteiger charge is 1.98. The molecular weight excluding hydrogens is 232 g/mol. The number of hydrogen-bond donors (Lipinski definition) is 3. The lowest BCUT2D eigenvalue weighted by atomic mass is 10.1. The van der Waals surface area contributed by atoms with Crippen molar-refractivity contribution in [3.05, 3.63) is 29.3 Å². The predicted octanol–water partition coefficient (Wildman–Crippen LogP) is 2.67. The van der Waals surface area contributed by atoms with Gasteiger partial charge in [0.25, 0.3) is 0 Å². The molecule has 1 rings (SSSR count). The molecule has 0 radical (unpaired) electrons. The zero-order chi connectivity index (χ0) is 14.1. The Labute approximate surface area is 107 Å². The first-order valence-corrected chi connectivity index (χ1v) is 5.71. The number of carbonyl (C=O) groups is 2. The highest BCUT2D eigenvalue weighted by atomic mass is 16.4. The SMILES string of the molecule is CCCC(N)=O.Cc1cc(C)cc(NC(=O)O)c1. The van der Waals surface area contributed by atoms with Crippen LogP contribution in [-0.2, 0) is 4.79 Å². The highest BCUT2D eigenvalue weighted by Crippen LogP contribution is 2.13. The van der Waals surface area contributed by atoms with Crippen molar-refractivity contribution in [3.8, 4) is 0 Å². The lowest BCUT2D eigenvalue weighted by molar-refractivity contribution is -0.118. The van der Waals surface area contributed by atoms with E-state index in [1.807, 2.05) is 26.8 Å². The van der Waals surface area contributed by atoms with E-state index in [4.69, 9.17) is 10.8 Å². The standard InChI is InChI=1S/C9H11NO2.C4H9NO/c1-6-3-7(2)5-8(4-6)10-9(11)12;1-2-3-4(5)6/h3-5,10H,1-2H3,(H,11,12);2-3H2,1H3,(H2,5,6). The van der Waals surface area contributed by atoms with Gasteiger partial charge in [0.15, 0.2) is 0 Å². The maximum absolute atomic E-state index is 10.3. The van der Waals surface area contributed by atoms with Gasteiger partial charge in [-0.1, -0.05) is 13.0 Å². The Morgan fingerprint density at radius 3 is 2.00 bits per heavy atom. The molecule has 0 aliphatic rings. The van der Waals surface area contributed by atoms with Crippen molar-refractivity contribution in [3.63, 3.8) is 0 Å². The van der Waals surface area contributed by atoms with E-state index in [0.717, 1.165) is 17.5 Å². The zero-order valence-electron chi connectivity index (χ0n) is 11.0. The molecule has 5 heteroatoms. The molecular formula is C13H20N2O3. The van der Waals surface area contributed by atoms with Gasteiger partial charge in [-0.25, -0.2) is 4.79 Å². The van der Waals surface area contributed by atoms with Crippen molar-refractivity contribution in [2.75, 3.05) is 5.32 Å². The number of hydrogen-bond acceptors (Lipinski definition) is 2. The average molecular weight is 252 g/mol. The van der Waals surface area contributed by atoms with Gasteiger partial charge in [0.2, 0.25) is 5.91 Å². The van der Waals surface area contributed by atoms with Crippen LogP contribution in [0.5, 0.6) is 0 Å². The monoisotopic (exact) mass is 252 g/mol. The fourth-order valence-corrected chi connectivity index (χ4v) is 1.42. The lowest BCUT2D eigenvalue weighted by Gasteiger charge is -2.03. The average Bonchev–Trinajstić information content (AvgIpc) is 2.14. The fourth-order valence-electron chi connectivity index (χ4n) is 1.42. The van der Waals surface area contributed by atoms with Gasteiger partial charge in [-0.2, -0.15) is 0 Å². The summed E-state index contributed by atoms with van der Waals surface area (Å²) < 4.78 is 0. The van der Waals surface area contributed by atoms with E-state index in [0.29, 0.717) is 12.1 Å². The van der Waals surface area contributed by atoms with Crippen LogP contribution in [0.1, 0.15) is 30.9 Å². The molecule has 0 aliphatic heterocycles. The van der Waals surface area contributed by atoms with Crippen LogP contribution in [-0.4, -0.2) is 17.1 Å². The van der Waals surface area contributed by atoms with Crippen LogP contribution in [0, 0.1) is 13.8 Å². The number of benzene rings is 1. The van der Waals surface area contributed by atoms with E-state index < -0.39 is 6.09 Å². The summed E-state index contributed by atoms with van der Waals surface area (Å²) in [6.45, 7) is 5.78. The van der Waals surface area contributed by atoms with Gasteiger partial charge < -0.3 is 10.8 Å². The molecule has 0 aromatic heterocycles. The molecule has 5 nitrogen and oxygen atoms in total. The fraction of sp³-hybridized carbons (Fsp3) is 0.385. The summed E-state index contributed by atoms with van der Waals surface area (Å²) in [5.41, 5.74) is 7.50. The van der Waals surface area contributed by atoms with Gasteiger partial charge in [-0.15, -0.1) is 0 Å². The maximum atomic E-state index is 10.3. The second-order valence-corrected chi connectivity index (χ2v) is 4.02. The second-order valence-electron chi connectivity index (χ2n) is 4.02. The van der Waals surface area contributed by atoms with Crippen molar-refractivity contribution in [2.24, 2.45) is 5.73 Å². The third-order valence-corrected chi connectivity index (χ3v) is 1.97. The predicted molar refractivity (Wildman–Crippen MR) is 71.7 cm³/mol. The van der Waals surface area contributed by atoms with Crippen LogP contribution in [0.25, 0.3) is 0 Å². The van der Waals surface area contributed by atoms with E-state index in [1.165, 1.54) is 0 Å². The molecule has 0 heterocycles. The van der Waals surface area contributed by atoms with Gasteiger partial charge in [-0.05, 0) is 43.5 Å². The van der Waals surface area contributed by atoms with Gasteiger partial charge in [0.05, 0.1) is 0 Å². The molecule has 0 fully saturated rings. The van der Waals surface area contributed by atoms with Gasteiger partial charge in [0.1, 0.15) is 0 Å². The number of anilines is 1. The molecule has 0 spiro atoms. The molecule has 18 heavy (non-hydrogen) atoms. The second kappa shape index (κ2) is 8.11. The summed E-state index contributed by atoms with van der Waals surface area (Å²) in [6, 6.07) is 5.58. The summed E-state index contributed by atoms with van der Waals surface area (Å²) in [4.78, 5) is 20.1. The van der Waals surface area contributed by atoms with Crippen molar-refractivity contribution in [2.45, 2.75) is 33.6 Å². The summed E-state index contributed by atoms with van der Waals surface area (Å²) in [5, 5.41) is 10.7. The molecule has 2 amide bonds. The molecule has 0 saturated heterocycles. The van der Waals surface area contributed by atoms with Crippen LogP contribution in [0.3, 0.4) is 0 Å². The molecule has 0 saturated carbocycles. The number of primary amides is 1. The number of nitrogens with two attached hydrogens (primary N) is 1. The number of aryl methyl sites for hydroxylation is 2. The first-order valence-electron chi connectivity index (χ1n) is 5.71. The molecule has 0 unspecified atom stereocenters. The zero-order valence-corrected chi connectivity index (χ0v) is 11.0. The first-order chi connectivity index (χ1) is 8.35. The Morgan fingerprint density at radius 1 is 1.22 bits per heavy atom. The normalized spacial score (nSPS) is 9.06.